The van der Waals surface area contributed by atoms with Crippen LogP contribution in [-0.2, 0) is 5.60 Å². The van der Waals surface area contributed by atoms with Gasteiger partial charge in [-0.3, -0.25) is 0 Å². The largest absolute Gasteiger partial charge is 0.497 e. The van der Waals surface area contributed by atoms with Crippen LogP contribution in [-0.4, -0.2) is 12.2 Å². The van der Waals surface area contributed by atoms with Gasteiger partial charge in [-0.15, -0.1) is 0 Å². The van der Waals surface area contributed by atoms with Crippen LogP contribution in [0.5, 0.6) is 5.75 Å². The number of hydrogen-bond acceptors (Lipinski definition) is 2. The normalized spacial score (nSPS) is 14.5. The molecule has 1 aromatic rings. The van der Waals surface area contributed by atoms with E-state index in [1.807, 2.05) is 31.2 Å². The molecule has 0 amide bonds. The SMILES string of the molecule is C=C[C@@](O)(CC)c1ccc(OC)cc1. The molecule has 76 valence electrons. The summed E-state index contributed by atoms with van der Waals surface area (Å²) in [4.78, 5) is 0. The highest BCUT2D eigenvalue weighted by Gasteiger charge is 2.22. The van der Waals surface area contributed by atoms with Crippen molar-refractivity contribution in [2.45, 2.75) is 18.9 Å². The third-order valence-corrected chi connectivity index (χ3v) is 2.47. The molecule has 2 heteroatoms. The number of methoxy groups -OCH3 is 1. The van der Waals surface area contributed by atoms with E-state index in [0.717, 1.165) is 11.3 Å². The summed E-state index contributed by atoms with van der Waals surface area (Å²) in [7, 11) is 1.62. The fourth-order valence-corrected chi connectivity index (χ4v) is 1.35. The van der Waals surface area contributed by atoms with Crippen molar-refractivity contribution < 1.29 is 9.84 Å². The Balaban J connectivity index is 3.01. The highest BCUT2D eigenvalue weighted by atomic mass is 16.5. The molecule has 0 saturated carbocycles. The molecule has 1 rings (SSSR count). The average molecular weight is 192 g/mol. The zero-order valence-electron chi connectivity index (χ0n) is 8.66. The second-order valence-corrected chi connectivity index (χ2v) is 3.21. The molecule has 0 aliphatic rings. The van der Waals surface area contributed by atoms with E-state index in [-0.39, 0.29) is 0 Å². The van der Waals surface area contributed by atoms with Gasteiger partial charge in [0, 0.05) is 0 Å². The Labute approximate surface area is 84.8 Å². The fraction of sp³-hybridized carbons (Fsp3) is 0.333. The molecule has 14 heavy (non-hydrogen) atoms. The van der Waals surface area contributed by atoms with Crippen molar-refractivity contribution in [2.75, 3.05) is 7.11 Å². The predicted molar refractivity (Wildman–Crippen MR) is 57.4 cm³/mol. The lowest BCUT2D eigenvalue weighted by Crippen LogP contribution is -2.20. The topological polar surface area (TPSA) is 29.5 Å². The highest BCUT2D eigenvalue weighted by Crippen LogP contribution is 2.27. The highest BCUT2D eigenvalue weighted by molar-refractivity contribution is 5.32. The molecule has 1 aromatic carbocycles. The van der Waals surface area contributed by atoms with E-state index >= 15 is 0 Å². The monoisotopic (exact) mass is 192 g/mol. The molecule has 0 aliphatic carbocycles. The first-order chi connectivity index (χ1) is 6.66. The molecular weight excluding hydrogens is 176 g/mol. The summed E-state index contributed by atoms with van der Waals surface area (Å²) >= 11 is 0. The Hall–Kier alpha value is -1.28. The van der Waals surface area contributed by atoms with E-state index in [4.69, 9.17) is 4.74 Å². The van der Waals surface area contributed by atoms with Crippen molar-refractivity contribution in [3.8, 4) is 5.75 Å². The van der Waals surface area contributed by atoms with Gasteiger partial charge in [-0.25, -0.2) is 0 Å². The Morgan fingerprint density at radius 3 is 2.36 bits per heavy atom. The van der Waals surface area contributed by atoms with Gasteiger partial charge in [0.05, 0.1) is 7.11 Å². The van der Waals surface area contributed by atoms with E-state index in [2.05, 4.69) is 6.58 Å². The lowest BCUT2D eigenvalue weighted by atomic mass is 9.91. The minimum atomic E-state index is -0.924. The third kappa shape index (κ3) is 1.96. The molecule has 0 saturated heterocycles. The van der Waals surface area contributed by atoms with E-state index in [1.165, 1.54) is 0 Å². The molecule has 1 atom stereocenters. The van der Waals surface area contributed by atoms with Crippen LogP contribution in [0.3, 0.4) is 0 Å². The summed E-state index contributed by atoms with van der Waals surface area (Å²) in [5, 5.41) is 10.1. The maximum atomic E-state index is 10.1. The second-order valence-electron chi connectivity index (χ2n) is 3.21. The summed E-state index contributed by atoms with van der Waals surface area (Å²) in [6.07, 6.45) is 2.18. The van der Waals surface area contributed by atoms with Gasteiger partial charge in [-0.1, -0.05) is 31.7 Å². The zero-order chi connectivity index (χ0) is 10.6. The first-order valence-corrected chi connectivity index (χ1v) is 4.66. The van der Waals surface area contributed by atoms with Crippen LogP contribution in [0.2, 0.25) is 0 Å². The molecule has 0 heterocycles. The van der Waals surface area contributed by atoms with Gasteiger partial charge in [0.2, 0.25) is 0 Å². The van der Waals surface area contributed by atoms with Crippen LogP contribution in [0.1, 0.15) is 18.9 Å². The van der Waals surface area contributed by atoms with Gasteiger partial charge >= 0.3 is 0 Å². The van der Waals surface area contributed by atoms with E-state index < -0.39 is 5.60 Å². The average Bonchev–Trinajstić information content (AvgIpc) is 2.28. The van der Waals surface area contributed by atoms with Gasteiger partial charge < -0.3 is 9.84 Å². The molecular formula is C12H16O2. The molecule has 0 radical (unpaired) electrons. The lowest BCUT2D eigenvalue weighted by molar-refractivity contribution is 0.0855. The van der Waals surface area contributed by atoms with E-state index in [1.54, 1.807) is 13.2 Å². The van der Waals surface area contributed by atoms with Crippen LogP contribution in [0, 0.1) is 0 Å². The number of rotatable bonds is 4. The molecule has 0 fully saturated rings. The summed E-state index contributed by atoms with van der Waals surface area (Å²) in [6, 6.07) is 7.37. The molecule has 2 nitrogen and oxygen atoms in total. The van der Waals surface area contributed by atoms with Crippen LogP contribution >= 0.6 is 0 Å². The standard InChI is InChI=1S/C12H16O2/c1-4-12(13,5-2)10-6-8-11(14-3)9-7-10/h4,6-9,13H,1,5H2,2-3H3/t12-/m1/s1. The third-order valence-electron chi connectivity index (χ3n) is 2.47. The van der Waals surface area contributed by atoms with Gasteiger partial charge in [0.15, 0.2) is 0 Å². The van der Waals surface area contributed by atoms with Crippen molar-refractivity contribution in [2.24, 2.45) is 0 Å². The molecule has 1 N–H and O–H groups in total. The molecule has 0 spiro atoms. The predicted octanol–water partition coefficient (Wildman–Crippen LogP) is 2.48. The Bertz CT molecular complexity index is 303. The zero-order valence-corrected chi connectivity index (χ0v) is 8.66. The summed E-state index contributed by atoms with van der Waals surface area (Å²) < 4.78 is 5.04. The number of hydrogen-bond donors (Lipinski definition) is 1. The number of aliphatic hydroxyl groups is 1. The van der Waals surface area contributed by atoms with Gasteiger partial charge in [-0.2, -0.15) is 0 Å². The fourth-order valence-electron chi connectivity index (χ4n) is 1.35. The van der Waals surface area contributed by atoms with Crippen molar-refractivity contribution in [1.29, 1.82) is 0 Å². The quantitative estimate of drug-likeness (QED) is 0.743. The minimum Gasteiger partial charge on any atom is -0.497 e. The Morgan fingerprint density at radius 1 is 1.43 bits per heavy atom. The van der Waals surface area contributed by atoms with Crippen molar-refractivity contribution >= 4 is 0 Å². The van der Waals surface area contributed by atoms with Crippen LogP contribution in [0.4, 0.5) is 0 Å². The molecule has 0 bridgehead atoms. The first-order valence-electron chi connectivity index (χ1n) is 4.66. The van der Waals surface area contributed by atoms with Crippen LogP contribution < -0.4 is 4.74 Å². The number of ether oxygens (including phenoxy) is 1. The number of benzene rings is 1. The van der Waals surface area contributed by atoms with Crippen LogP contribution in [0.15, 0.2) is 36.9 Å². The lowest BCUT2D eigenvalue weighted by Gasteiger charge is -2.23. The summed E-state index contributed by atoms with van der Waals surface area (Å²) in [5.41, 5.74) is -0.0810. The second kappa shape index (κ2) is 4.29. The maximum Gasteiger partial charge on any atom is 0.118 e. The molecule has 0 aliphatic heterocycles. The Kier molecular flexibility index (Phi) is 3.31. The van der Waals surface area contributed by atoms with Gasteiger partial charge in [-0.05, 0) is 24.1 Å². The minimum absolute atomic E-state index is 0.614. The first kappa shape index (κ1) is 10.8. The van der Waals surface area contributed by atoms with Gasteiger partial charge in [0.1, 0.15) is 11.4 Å². The summed E-state index contributed by atoms with van der Waals surface area (Å²) in [6.45, 7) is 5.56. The van der Waals surface area contributed by atoms with E-state index in [0.29, 0.717) is 6.42 Å². The van der Waals surface area contributed by atoms with Crippen LogP contribution in [0.25, 0.3) is 0 Å². The smallest absolute Gasteiger partial charge is 0.118 e. The molecule has 0 aromatic heterocycles. The Morgan fingerprint density at radius 2 is 2.00 bits per heavy atom. The maximum absolute atomic E-state index is 10.1. The van der Waals surface area contributed by atoms with E-state index in [9.17, 15) is 5.11 Å². The van der Waals surface area contributed by atoms with Crippen molar-refractivity contribution in [1.82, 2.24) is 0 Å². The van der Waals surface area contributed by atoms with Crippen molar-refractivity contribution in [3.05, 3.63) is 42.5 Å². The summed E-state index contributed by atoms with van der Waals surface area (Å²) in [5.74, 6) is 0.788. The molecule has 0 unspecified atom stereocenters. The van der Waals surface area contributed by atoms with Gasteiger partial charge in [0.25, 0.3) is 0 Å². The van der Waals surface area contributed by atoms with Crippen molar-refractivity contribution in [3.63, 3.8) is 0 Å².